The fraction of sp³-hybridized carbons (Fsp3) is 0.182. The van der Waals surface area contributed by atoms with Crippen molar-refractivity contribution in [3.63, 3.8) is 0 Å². The third-order valence-corrected chi connectivity index (χ3v) is 10.4. The molecule has 0 spiro atoms. The Morgan fingerprint density at radius 3 is 1.12 bits per heavy atom. The van der Waals surface area contributed by atoms with Gasteiger partial charge in [0.15, 0.2) is 0 Å². The molecule has 5 heterocycles. The van der Waals surface area contributed by atoms with Crippen LogP contribution in [-0.4, -0.2) is 9.97 Å². The van der Waals surface area contributed by atoms with Crippen molar-refractivity contribution in [2.24, 2.45) is 0 Å². The zero-order chi connectivity index (χ0) is 32.5. The molecule has 4 aromatic carbocycles. The maximum Gasteiger partial charge on any atom is 2.00 e. The second-order valence-corrected chi connectivity index (χ2v) is 12.9. The first-order chi connectivity index (χ1) is 23.6. The van der Waals surface area contributed by atoms with Gasteiger partial charge in [-0.3, -0.25) is 0 Å². The number of aromatic nitrogens is 4. The van der Waals surface area contributed by atoms with E-state index in [1.807, 2.05) is 0 Å². The Balaban J connectivity index is 0.00000348. The summed E-state index contributed by atoms with van der Waals surface area (Å²) in [5.74, 6) is 0. The number of fused-ring (bicyclic) bond motifs is 18. The Labute approximate surface area is 296 Å². The van der Waals surface area contributed by atoms with E-state index in [-0.39, 0.29) is 17.1 Å². The molecular weight excluding hydrogens is 648 g/mol. The van der Waals surface area contributed by atoms with Gasteiger partial charge in [-0.2, -0.15) is 0 Å². The Morgan fingerprint density at radius 1 is 0.408 bits per heavy atom. The number of benzene rings is 4. The predicted molar refractivity (Wildman–Crippen MR) is 204 cm³/mol. The second kappa shape index (κ2) is 12.2. The van der Waals surface area contributed by atoms with Crippen molar-refractivity contribution in [2.45, 2.75) is 53.4 Å². The van der Waals surface area contributed by atoms with Gasteiger partial charge in [0.1, 0.15) is 0 Å². The molecule has 2 aliphatic heterocycles. The van der Waals surface area contributed by atoms with Gasteiger partial charge in [0.2, 0.25) is 0 Å². The standard InChI is InChI=1S/C44H36N4.Cu/c1-5-27-28(6-2)36-22-40-34-20-18-26-14-10-12-16-32(26)44(34)42(48-40)24-38-30(8-4)29(7-3)37(46-38)23-41-43-31-15-11-9-13-25(31)17-19-33(43)39(47-41)21-35(27)45-36;/h9-24H,5-8H2,1-4H3;/q-2;+2. The predicted octanol–water partition coefficient (Wildman–Crippen LogP) is 11.6. The minimum absolute atomic E-state index is 0. The van der Waals surface area contributed by atoms with Crippen LogP contribution in [0.15, 0.2) is 97.1 Å². The molecule has 0 aliphatic carbocycles. The van der Waals surface area contributed by atoms with Crippen molar-refractivity contribution < 1.29 is 17.1 Å². The minimum atomic E-state index is 0. The van der Waals surface area contributed by atoms with Gasteiger partial charge in [0.25, 0.3) is 0 Å². The number of rotatable bonds is 4. The van der Waals surface area contributed by atoms with Crippen LogP contribution in [0, 0.1) is 0 Å². The van der Waals surface area contributed by atoms with E-state index in [0.717, 1.165) is 81.3 Å². The summed E-state index contributed by atoms with van der Waals surface area (Å²) in [6, 6.07) is 35.0. The van der Waals surface area contributed by atoms with Crippen LogP contribution in [0.5, 0.6) is 0 Å². The number of hydrogen-bond donors (Lipinski definition) is 0. The van der Waals surface area contributed by atoms with Crippen LogP contribution in [0.25, 0.3) is 87.4 Å². The van der Waals surface area contributed by atoms with Crippen LogP contribution in [0.1, 0.15) is 76.2 Å². The van der Waals surface area contributed by atoms with Gasteiger partial charge >= 0.3 is 17.1 Å². The average molecular weight is 684 g/mol. The van der Waals surface area contributed by atoms with E-state index in [9.17, 15) is 0 Å². The third-order valence-electron chi connectivity index (χ3n) is 10.4. The fourth-order valence-electron chi connectivity index (χ4n) is 8.16. The van der Waals surface area contributed by atoms with E-state index >= 15 is 0 Å². The summed E-state index contributed by atoms with van der Waals surface area (Å²) in [4.78, 5) is 21.4. The molecule has 5 heteroatoms. The van der Waals surface area contributed by atoms with Crippen LogP contribution < -0.4 is 9.97 Å². The Kier molecular flexibility index (Phi) is 7.78. The van der Waals surface area contributed by atoms with Crippen LogP contribution >= 0.6 is 0 Å². The first kappa shape index (κ1) is 31.3. The first-order valence-corrected chi connectivity index (χ1v) is 17.3. The van der Waals surface area contributed by atoms with Crippen LogP contribution in [-0.2, 0) is 17.1 Å². The summed E-state index contributed by atoms with van der Waals surface area (Å²) in [7, 11) is 0. The van der Waals surface area contributed by atoms with Crippen molar-refractivity contribution in [2.75, 3.05) is 0 Å². The molecule has 0 fully saturated rings. The maximum atomic E-state index is 5.36. The Bertz CT molecular complexity index is 2540. The molecular formula is C44H36CuN4. The summed E-state index contributed by atoms with van der Waals surface area (Å²) in [5.41, 5.74) is 12.9. The summed E-state index contributed by atoms with van der Waals surface area (Å²) in [5, 5.41) is 9.46. The molecule has 49 heavy (non-hydrogen) atoms. The van der Waals surface area contributed by atoms with Crippen molar-refractivity contribution in [1.82, 2.24) is 19.9 Å². The maximum absolute atomic E-state index is 5.36. The number of allylic oxidation sites excluding steroid dienone is 4. The SMILES string of the molecule is CCC1=C(CC)c2cc3[n-]c(cc4nc(cc5[n-]c(cc1n2)c1ccc2ccccc2c51)C(CC)=C4CC)c1c2ccccc2ccc31.[Cu+2]. The molecule has 3 aromatic heterocycles. The third kappa shape index (κ3) is 4.79. The molecule has 2 aliphatic rings. The Hall–Kier alpha value is -4.96. The van der Waals surface area contributed by atoms with Gasteiger partial charge in [-0.15, -0.1) is 22.1 Å². The minimum Gasteiger partial charge on any atom is -0.657 e. The van der Waals surface area contributed by atoms with Gasteiger partial charge in [0, 0.05) is 0 Å². The van der Waals surface area contributed by atoms with Crippen molar-refractivity contribution in [1.29, 1.82) is 0 Å². The topological polar surface area (TPSA) is 54.0 Å². The van der Waals surface area contributed by atoms with Crippen LogP contribution in [0.4, 0.5) is 0 Å². The smallest absolute Gasteiger partial charge is 0.657 e. The Morgan fingerprint density at radius 2 is 0.755 bits per heavy atom. The largest absolute Gasteiger partial charge is 2.00 e. The molecule has 0 saturated heterocycles. The summed E-state index contributed by atoms with van der Waals surface area (Å²) < 4.78 is 0. The van der Waals surface area contributed by atoms with Crippen molar-refractivity contribution in [3.8, 4) is 0 Å². The molecule has 8 bridgehead atoms. The summed E-state index contributed by atoms with van der Waals surface area (Å²) in [6.07, 6.45) is 3.58. The molecule has 4 nitrogen and oxygen atoms in total. The van der Waals surface area contributed by atoms with Gasteiger partial charge in [0.05, 0.1) is 22.8 Å². The molecule has 0 N–H and O–H groups in total. The molecule has 9 rings (SSSR count). The fourth-order valence-corrected chi connectivity index (χ4v) is 8.16. The van der Waals surface area contributed by atoms with Crippen LogP contribution in [0.2, 0.25) is 0 Å². The molecule has 0 saturated carbocycles. The zero-order valence-corrected chi connectivity index (χ0v) is 29.1. The monoisotopic (exact) mass is 683 g/mol. The quantitative estimate of drug-likeness (QED) is 0.173. The van der Waals surface area contributed by atoms with E-state index in [1.54, 1.807) is 0 Å². The summed E-state index contributed by atoms with van der Waals surface area (Å²) >= 11 is 0. The van der Waals surface area contributed by atoms with Gasteiger partial charge < -0.3 is 9.97 Å². The molecule has 1 radical (unpaired) electrons. The molecule has 7 aromatic rings. The molecule has 243 valence electrons. The number of hydrogen-bond acceptors (Lipinski definition) is 2. The van der Waals surface area contributed by atoms with E-state index in [2.05, 4.69) is 125 Å². The van der Waals surface area contributed by atoms with Gasteiger partial charge in [-0.1, -0.05) is 125 Å². The van der Waals surface area contributed by atoms with E-state index < -0.39 is 0 Å². The molecule has 0 atom stereocenters. The molecule has 0 unspecified atom stereocenters. The van der Waals surface area contributed by atoms with E-state index in [1.165, 1.54) is 54.6 Å². The average Bonchev–Trinajstić information content (AvgIpc) is 3.85. The first-order valence-electron chi connectivity index (χ1n) is 17.3. The van der Waals surface area contributed by atoms with E-state index in [0.29, 0.717) is 0 Å². The normalized spacial score (nSPS) is 13.3. The second-order valence-electron chi connectivity index (χ2n) is 12.9. The van der Waals surface area contributed by atoms with Crippen LogP contribution in [0.3, 0.4) is 0 Å². The zero-order valence-electron chi connectivity index (χ0n) is 28.2. The van der Waals surface area contributed by atoms with Crippen molar-refractivity contribution >= 4 is 87.4 Å². The summed E-state index contributed by atoms with van der Waals surface area (Å²) in [6.45, 7) is 8.93. The van der Waals surface area contributed by atoms with Crippen molar-refractivity contribution in [3.05, 3.63) is 120 Å². The van der Waals surface area contributed by atoms with E-state index in [4.69, 9.17) is 19.9 Å². The van der Waals surface area contributed by atoms with Gasteiger partial charge in [-0.25, -0.2) is 9.97 Å². The molecule has 0 amide bonds. The van der Waals surface area contributed by atoms with Gasteiger partial charge in [-0.05, 0) is 91.1 Å². The number of nitrogens with zero attached hydrogens (tertiary/aromatic N) is 4.